The van der Waals surface area contributed by atoms with Crippen molar-refractivity contribution < 1.29 is 14.3 Å². The fraction of sp³-hybridized carbons (Fsp3) is 0.304. The molecule has 2 aromatic heterocycles. The number of rotatable bonds is 8. The minimum Gasteiger partial charge on any atom is -0.494 e. The minimum atomic E-state index is -0.595. The number of hydrogen-bond donors (Lipinski definition) is 2. The molecular weight excluding hydrogens is 460 g/mol. The lowest BCUT2D eigenvalue weighted by molar-refractivity contribution is -0.117. The third-order valence-corrected chi connectivity index (χ3v) is 7.23. The van der Waals surface area contributed by atoms with Crippen LogP contribution in [0.5, 0.6) is 5.75 Å². The van der Waals surface area contributed by atoms with Crippen molar-refractivity contribution in [1.29, 1.82) is 0 Å². The summed E-state index contributed by atoms with van der Waals surface area (Å²) in [5.74, 6) is 0.156. The summed E-state index contributed by atoms with van der Waals surface area (Å²) < 4.78 is 7.06. The Hall–Kier alpha value is -3.11. The van der Waals surface area contributed by atoms with Crippen molar-refractivity contribution in [3.8, 4) is 11.4 Å². The number of aromatic nitrogens is 2. The molecule has 0 spiro atoms. The molecule has 33 heavy (non-hydrogen) atoms. The molecule has 2 N–H and O–H groups in total. The van der Waals surface area contributed by atoms with E-state index in [-0.39, 0.29) is 17.9 Å². The summed E-state index contributed by atoms with van der Waals surface area (Å²) in [5.41, 5.74) is 1.60. The predicted molar refractivity (Wildman–Crippen MR) is 131 cm³/mol. The molecule has 1 aliphatic rings. The number of thioether (sulfide) groups is 1. The van der Waals surface area contributed by atoms with Crippen LogP contribution in [-0.4, -0.2) is 40.4 Å². The Morgan fingerprint density at radius 1 is 1.30 bits per heavy atom. The highest BCUT2D eigenvalue weighted by Gasteiger charge is 2.24. The van der Waals surface area contributed by atoms with Crippen molar-refractivity contribution in [2.45, 2.75) is 31.3 Å². The van der Waals surface area contributed by atoms with Crippen LogP contribution in [0.3, 0.4) is 0 Å². The molecule has 1 aromatic carbocycles. The molecule has 3 aromatic rings. The molecule has 0 unspecified atom stereocenters. The number of urea groups is 1. The molecule has 3 amide bonds. The molecular formula is C23H24N4O4S2. The molecule has 0 aliphatic heterocycles. The van der Waals surface area contributed by atoms with E-state index in [1.807, 2.05) is 6.92 Å². The van der Waals surface area contributed by atoms with Gasteiger partial charge in [0.15, 0.2) is 5.16 Å². The smallest absolute Gasteiger partial charge is 0.321 e. The molecule has 1 aliphatic carbocycles. The molecule has 0 radical (unpaired) electrons. The topological polar surface area (TPSA) is 102 Å². The predicted octanol–water partition coefficient (Wildman–Crippen LogP) is 3.44. The summed E-state index contributed by atoms with van der Waals surface area (Å²) >= 11 is 2.66. The first-order valence-electron chi connectivity index (χ1n) is 10.6. The first-order valence-corrected chi connectivity index (χ1v) is 12.4. The van der Waals surface area contributed by atoms with Gasteiger partial charge in [0.25, 0.3) is 5.56 Å². The lowest BCUT2D eigenvalue weighted by Crippen LogP contribution is -2.40. The van der Waals surface area contributed by atoms with Gasteiger partial charge in [-0.2, -0.15) is 0 Å². The summed E-state index contributed by atoms with van der Waals surface area (Å²) in [5, 5.41) is 5.82. The summed E-state index contributed by atoms with van der Waals surface area (Å²) in [6, 6.07) is 6.62. The normalized spacial score (nSPS) is 12.4. The highest BCUT2D eigenvalue weighted by molar-refractivity contribution is 7.99. The number of fused-ring (bicyclic) bond motifs is 3. The molecule has 4 rings (SSSR count). The standard InChI is InChI=1S/C23H24N4O4S2/c1-3-12-24-22(30)25-18(28)13-32-23-26-20-19(16-6-5-7-17(16)33-20)21(29)27(23)14-8-10-15(11-9-14)31-4-2/h3,8-11H,1,4-7,12-13H2,2H3,(H2,24,25,28,30). The third-order valence-electron chi connectivity index (χ3n) is 5.11. The number of benzene rings is 1. The van der Waals surface area contributed by atoms with Gasteiger partial charge in [-0.3, -0.25) is 19.5 Å². The molecule has 0 saturated heterocycles. The number of hydrogen-bond acceptors (Lipinski definition) is 7. The van der Waals surface area contributed by atoms with Crippen LogP contribution in [-0.2, 0) is 17.6 Å². The summed E-state index contributed by atoms with van der Waals surface area (Å²) in [4.78, 5) is 44.3. The van der Waals surface area contributed by atoms with Gasteiger partial charge in [0.2, 0.25) is 5.91 Å². The lowest BCUT2D eigenvalue weighted by Gasteiger charge is -2.13. The van der Waals surface area contributed by atoms with Gasteiger partial charge in [0.05, 0.1) is 23.4 Å². The molecule has 10 heteroatoms. The summed E-state index contributed by atoms with van der Waals surface area (Å²) in [6.45, 7) is 6.22. The lowest BCUT2D eigenvalue weighted by atomic mass is 10.2. The van der Waals surface area contributed by atoms with E-state index < -0.39 is 11.9 Å². The monoisotopic (exact) mass is 484 g/mol. The van der Waals surface area contributed by atoms with E-state index in [1.165, 1.54) is 11.0 Å². The maximum Gasteiger partial charge on any atom is 0.321 e. The van der Waals surface area contributed by atoms with Gasteiger partial charge in [-0.15, -0.1) is 17.9 Å². The second-order valence-electron chi connectivity index (χ2n) is 7.33. The fourth-order valence-corrected chi connectivity index (χ4v) is 5.82. The molecule has 8 nitrogen and oxygen atoms in total. The van der Waals surface area contributed by atoms with Crippen molar-refractivity contribution in [2.24, 2.45) is 0 Å². The molecule has 0 atom stereocenters. The fourth-order valence-electron chi connectivity index (χ4n) is 3.71. The molecule has 0 bridgehead atoms. The third kappa shape index (κ3) is 4.96. The SMILES string of the molecule is C=CCNC(=O)NC(=O)CSc1nc2sc3c(c2c(=O)n1-c1ccc(OCC)cc1)CCC3. The molecule has 0 fully saturated rings. The Bertz CT molecular complexity index is 1260. The largest absolute Gasteiger partial charge is 0.494 e. The van der Waals surface area contributed by atoms with Crippen LogP contribution in [0.4, 0.5) is 4.79 Å². The maximum atomic E-state index is 13.6. The van der Waals surface area contributed by atoms with Crippen molar-refractivity contribution >= 4 is 45.3 Å². The Morgan fingerprint density at radius 2 is 2.09 bits per heavy atom. The maximum absolute atomic E-state index is 13.6. The Balaban J connectivity index is 1.68. The summed E-state index contributed by atoms with van der Waals surface area (Å²) in [7, 11) is 0. The number of thiophene rings is 1. The highest BCUT2D eigenvalue weighted by Crippen LogP contribution is 2.36. The van der Waals surface area contributed by atoms with Crippen molar-refractivity contribution in [1.82, 2.24) is 20.2 Å². The molecule has 2 heterocycles. The van der Waals surface area contributed by atoms with Crippen LogP contribution in [0.15, 0.2) is 46.9 Å². The number of carbonyl (C=O) groups is 2. The zero-order valence-electron chi connectivity index (χ0n) is 18.2. The number of carbonyl (C=O) groups excluding carboxylic acids is 2. The van der Waals surface area contributed by atoms with E-state index >= 15 is 0 Å². The average Bonchev–Trinajstić information content (AvgIpc) is 3.38. The number of ether oxygens (including phenoxy) is 1. The van der Waals surface area contributed by atoms with Crippen molar-refractivity contribution in [2.75, 3.05) is 18.9 Å². The Labute approximate surface area is 199 Å². The van der Waals surface area contributed by atoms with Gasteiger partial charge in [-0.1, -0.05) is 17.8 Å². The van der Waals surface area contributed by atoms with E-state index in [0.29, 0.717) is 33.4 Å². The van der Waals surface area contributed by atoms with Gasteiger partial charge in [0, 0.05) is 11.4 Å². The number of nitrogens with zero attached hydrogens (tertiary/aromatic N) is 2. The van der Waals surface area contributed by atoms with E-state index in [9.17, 15) is 14.4 Å². The first kappa shape index (κ1) is 23.1. The van der Waals surface area contributed by atoms with E-state index in [2.05, 4.69) is 17.2 Å². The molecule has 172 valence electrons. The highest BCUT2D eigenvalue weighted by atomic mass is 32.2. The number of imide groups is 1. The Kier molecular flexibility index (Phi) is 7.14. The van der Waals surface area contributed by atoms with Gasteiger partial charge in [0.1, 0.15) is 10.6 Å². The number of nitrogens with one attached hydrogen (secondary N) is 2. The van der Waals surface area contributed by atoms with Gasteiger partial charge < -0.3 is 10.1 Å². The van der Waals surface area contributed by atoms with Crippen molar-refractivity contribution in [3.05, 3.63) is 57.7 Å². The second-order valence-corrected chi connectivity index (χ2v) is 9.36. The van der Waals surface area contributed by atoms with Gasteiger partial charge >= 0.3 is 6.03 Å². The van der Waals surface area contributed by atoms with Gasteiger partial charge in [-0.05, 0) is 56.0 Å². The minimum absolute atomic E-state index is 0.0679. The van der Waals surface area contributed by atoms with Crippen LogP contribution in [0.1, 0.15) is 23.8 Å². The zero-order chi connectivity index (χ0) is 23.4. The average molecular weight is 485 g/mol. The van der Waals surface area contributed by atoms with E-state index in [1.54, 1.807) is 40.2 Å². The molecule has 0 saturated carbocycles. The van der Waals surface area contributed by atoms with E-state index in [4.69, 9.17) is 9.72 Å². The Morgan fingerprint density at radius 3 is 2.82 bits per heavy atom. The number of aryl methyl sites for hydroxylation is 2. The number of amides is 3. The quantitative estimate of drug-likeness (QED) is 0.289. The van der Waals surface area contributed by atoms with Crippen molar-refractivity contribution in [3.63, 3.8) is 0 Å². The van der Waals surface area contributed by atoms with Crippen LogP contribution >= 0.6 is 23.1 Å². The van der Waals surface area contributed by atoms with Crippen LogP contribution < -0.4 is 20.9 Å². The van der Waals surface area contributed by atoms with Crippen LogP contribution in [0, 0.1) is 0 Å². The van der Waals surface area contributed by atoms with Crippen LogP contribution in [0.2, 0.25) is 0 Å². The van der Waals surface area contributed by atoms with Crippen LogP contribution in [0.25, 0.3) is 15.9 Å². The second kappa shape index (κ2) is 10.2. The van der Waals surface area contributed by atoms with Gasteiger partial charge in [-0.25, -0.2) is 9.78 Å². The summed E-state index contributed by atoms with van der Waals surface area (Å²) in [6.07, 6.45) is 4.41. The zero-order valence-corrected chi connectivity index (χ0v) is 19.8. The first-order chi connectivity index (χ1) is 16.0. The van der Waals surface area contributed by atoms with E-state index in [0.717, 1.165) is 36.6 Å².